The largest absolute Gasteiger partial charge is 0.334 e. The summed E-state index contributed by atoms with van der Waals surface area (Å²) in [7, 11) is 0. The fourth-order valence-corrected chi connectivity index (χ4v) is 4.95. The minimum absolute atomic E-state index is 0.0471. The molecule has 0 aromatic carbocycles. The maximum absolute atomic E-state index is 13.0. The highest BCUT2D eigenvalue weighted by Gasteiger charge is 2.51. The van der Waals surface area contributed by atoms with E-state index in [1.165, 1.54) is 18.0 Å². The van der Waals surface area contributed by atoms with Gasteiger partial charge in [-0.3, -0.25) is 4.79 Å². The third kappa shape index (κ3) is 2.85. The first-order valence-corrected chi connectivity index (χ1v) is 9.21. The molecule has 2 bridgehead atoms. The summed E-state index contributed by atoms with van der Waals surface area (Å²) in [5.41, 5.74) is 0.839. The van der Waals surface area contributed by atoms with Crippen molar-refractivity contribution in [2.24, 2.45) is 10.8 Å². The molecule has 1 amide bonds. The maximum Gasteiger partial charge on any atom is 0.274 e. The van der Waals surface area contributed by atoms with Gasteiger partial charge in [-0.1, -0.05) is 44.1 Å². The number of carbonyl (C=O) groups is 1. The number of hydrogen-bond donors (Lipinski definition) is 0. The first-order valence-electron chi connectivity index (χ1n) is 7.61. The second-order valence-electron chi connectivity index (χ2n) is 7.70. The number of fused-ring (bicyclic) bond motifs is 2. The minimum atomic E-state index is -0.0471. The summed E-state index contributed by atoms with van der Waals surface area (Å²) in [6.45, 7) is 7.70. The predicted octanol–water partition coefficient (Wildman–Crippen LogP) is 3.89. The Labute approximate surface area is 141 Å². The van der Waals surface area contributed by atoms with E-state index in [0.717, 1.165) is 25.8 Å². The fourth-order valence-electron chi connectivity index (χ4n) is 4.43. The SMILES string of the molecule is CSc1ncc(Cl)c(C(=O)N2CC3(C)CC2CC(C)(C)C3)n1. The summed E-state index contributed by atoms with van der Waals surface area (Å²) >= 11 is 7.60. The molecule has 3 rings (SSSR count). The lowest BCUT2D eigenvalue weighted by Gasteiger charge is -2.39. The summed E-state index contributed by atoms with van der Waals surface area (Å²) in [6, 6.07) is 0.296. The van der Waals surface area contributed by atoms with Gasteiger partial charge in [0.15, 0.2) is 10.9 Å². The van der Waals surface area contributed by atoms with Crippen molar-refractivity contribution >= 4 is 29.3 Å². The molecular formula is C16H22ClN3OS. The van der Waals surface area contributed by atoms with Crippen molar-refractivity contribution in [3.05, 3.63) is 16.9 Å². The Kier molecular flexibility index (Phi) is 3.92. The van der Waals surface area contributed by atoms with E-state index in [0.29, 0.717) is 21.9 Å². The lowest BCUT2D eigenvalue weighted by molar-refractivity contribution is 0.0701. The molecule has 22 heavy (non-hydrogen) atoms. The van der Waals surface area contributed by atoms with E-state index in [4.69, 9.17) is 11.6 Å². The van der Waals surface area contributed by atoms with Crippen LogP contribution in [0.15, 0.2) is 11.4 Å². The van der Waals surface area contributed by atoms with Crippen LogP contribution in [0.1, 0.15) is 50.5 Å². The van der Waals surface area contributed by atoms with Crippen molar-refractivity contribution in [3.8, 4) is 0 Å². The molecule has 4 nitrogen and oxygen atoms in total. The molecule has 0 N–H and O–H groups in total. The number of nitrogens with zero attached hydrogens (tertiary/aromatic N) is 3. The summed E-state index contributed by atoms with van der Waals surface area (Å²) in [6.07, 6.45) is 6.71. The zero-order chi connectivity index (χ0) is 16.1. The Balaban J connectivity index is 1.91. The van der Waals surface area contributed by atoms with Crippen molar-refractivity contribution in [2.45, 2.75) is 51.2 Å². The number of carbonyl (C=O) groups excluding carboxylic acids is 1. The molecule has 2 heterocycles. The van der Waals surface area contributed by atoms with E-state index in [1.807, 2.05) is 11.2 Å². The Hall–Kier alpha value is -0.810. The number of aromatic nitrogens is 2. The van der Waals surface area contributed by atoms with Gasteiger partial charge in [0.25, 0.3) is 5.91 Å². The molecule has 1 saturated carbocycles. The van der Waals surface area contributed by atoms with Gasteiger partial charge in [-0.15, -0.1) is 0 Å². The smallest absolute Gasteiger partial charge is 0.274 e. The molecule has 0 radical (unpaired) electrons. The molecule has 2 unspecified atom stereocenters. The monoisotopic (exact) mass is 339 g/mol. The van der Waals surface area contributed by atoms with E-state index in [9.17, 15) is 4.79 Å². The predicted molar refractivity (Wildman–Crippen MR) is 89.4 cm³/mol. The van der Waals surface area contributed by atoms with E-state index >= 15 is 0 Å². The third-order valence-corrected chi connectivity index (χ3v) is 5.62. The van der Waals surface area contributed by atoms with Gasteiger partial charge in [0.2, 0.25) is 0 Å². The highest BCUT2D eigenvalue weighted by molar-refractivity contribution is 7.98. The minimum Gasteiger partial charge on any atom is -0.334 e. The van der Waals surface area contributed by atoms with E-state index in [-0.39, 0.29) is 16.7 Å². The fraction of sp³-hybridized carbons (Fsp3) is 0.688. The summed E-state index contributed by atoms with van der Waals surface area (Å²) in [5, 5.41) is 0.926. The quantitative estimate of drug-likeness (QED) is 0.605. The molecule has 1 aliphatic heterocycles. The first-order chi connectivity index (χ1) is 10.2. The molecule has 2 aliphatic rings. The molecule has 1 aromatic rings. The standard InChI is InChI=1S/C16H22ClN3OS/c1-15(2)5-10-6-16(3,8-15)9-20(10)13(21)12-11(17)7-18-14(19-12)22-4/h7,10H,5-6,8-9H2,1-4H3. The van der Waals surface area contributed by atoms with Crippen LogP contribution < -0.4 is 0 Å². The number of rotatable bonds is 2. The van der Waals surface area contributed by atoms with E-state index in [1.54, 1.807) is 0 Å². The summed E-state index contributed by atoms with van der Waals surface area (Å²) in [4.78, 5) is 23.4. The topological polar surface area (TPSA) is 46.1 Å². The Morgan fingerprint density at radius 2 is 2.14 bits per heavy atom. The Morgan fingerprint density at radius 1 is 1.41 bits per heavy atom. The zero-order valence-electron chi connectivity index (χ0n) is 13.5. The summed E-state index contributed by atoms with van der Waals surface area (Å²) in [5.74, 6) is -0.0471. The molecule has 2 fully saturated rings. The van der Waals surface area contributed by atoms with Crippen molar-refractivity contribution in [1.82, 2.24) is 14.9 Å². The average molecular weight is 340 g/mol. The number of likely N-dealkylation sites (tertiary alicyclic amines) is 1. The maximum atomic E-state index is 13.0. The second-order valence-corrected chi connectivity index (χ2v) is 8.88. The normalized spacial score (nSPS) is 29.7. The van der Waals surface area contributed by atoms with Crippen molar-refractivity contribution in [1.29, 1.82) is 0 Å². The average Bonchev–Trinajstić information content (AvgIpc) is 2.68. The third-order valence-electron chi connectivity index (χ3n) is 4.78. The molecule has 1 aromatic heterocycles. The molecule has 1 saturated heterocycles. The van der Waals surface area contributed by atoms with Crippen LogP contribution >= 0.6 is 23.4 Å². The second kappa shape index (κ2) is 5.38. The molecule has 1 aliphatic carbocycles. The van der Waals surface area contributed by atoms with Crippen molar-refractivity contribution in [3.63, 3.8) is 0 Å². The van der Waals surface area contributed by atoms with E-state index < -0.39 is 0 Å². The van der Waals surface area contributed by atoms with Crippen molar-refractivity contribution < 1.29 is 4.79 Å². The Morgan fingerprint density at radius 3 is 2.82 bits per heavy atom. The first kappa shape index (κ1) is 16.1. The van der Waals surface area contributed by atoms with Crippen molar-refractivity contribution in [2.75, 3.05) is 12.8 Å². The van der Waals surface area contributed by atoms with E-state index in [2.05, 4.69) is 30.7 Å². The van der Waals surface area contributed by atoms with Crippen LogP contribution in [-0.2, 0) is 0 Å². The van der Waals surface area contributed by atoms with Crippen LogP contribution in [0.3, 0.4) is 0 Å². The number of amides is 1. The summed E-state index contributed by atoms with van der Waals surface area (Å²) < 4.78 is 0. The zero-order valence-corrected chi connectivity index (χ0v) is 15.1. The van der Waals surface area contributed by atoms with Gasteiger partial charge in [-0.2, -0.15) is 0 Å². The molecular weight excluding hydrogens is 318 g/mol. The van der Waals surface area contributed by atoms with Gasteiger partial charge in [-0.25, -0.2) is 9.97 Å². The number of halogens is 1. The Bertz CT molecular complexity index is 621. The lowest BCUT2D eigenvalue weighted by Crippen LogP contribution is -2.38. The number of hydrogen-bond acceptors (Lipinski definition) is 4. The lowest BCUT2D eigenvalue weighted by atomic mass is 9.65. The number of thioether (sulfide) groups is 1. The molecule has 2 atom stereocenters. The van der Waals surface area contributed by atoms with Crippen LogP contribution in [-0.4, -0.2) is 39.6 Å². The van der Waals surface area contributed by atoms with Gasteiger partial charge < -0.3 is 4.90 Å². The van der Waals surface area contributed by atoms with Gasteiger partial charge in [0.05, 0.1) is 11.2 Å². The van der Waals surface area contributed by atoms with Crippen LogP contribution in [0, 0.1) is 10.8 Å². The highest BCUT2D eigenvalue weighted by Crippen LogP contribution is 2.52. The van der Waals surface area contributed by atoms with Crippen LogP contribution in [0.5, 0.6) is 0 Å². The van der Waals surface area contributed by atoms with Crippen LogP contribution in [0.4, 0.5) is 0 Å². The molecule has 120 valence electrons. The van der Waals surface area contributed by atoms with Gasteiger partial charge >= 0.3 is 0 Å². The van der Waals surface area contributed by atoms with Gasteiger partial charge in [0, 0.05) is 12.6 Å². The van der Waals surface area contributed by atoms with Crippen LogP contribution in [0.25, 0.3) is 0 Å². The highest BCUT2D eigenvalue weighted by atomic mass is 35.5. The van der Waals surface area contributed by atoms with Gasteiger partial charge in [-0.05, 0) is 36.3 Å². The molecule has 6 heteroatoms. The van der Waals surface area contributed by atoms with Gasteiger partial charge in [0.1, 0.15) is 0 Å². The van der Waals surface area contributed by atoms with Crippen LogP contribution in [0.2, 0.25) is 5.02 Å². The molecule has 0 spiro atoms.